The quantitative estimate of drug-likeness (QED) is 0.444. The topological polar surface area (TPSA) is 109 Å². The molecule has 180 valence electrons. The number of nitrogens with zero attached hydrogens (tertiary/aromatic N) is 2. The summed E-state index contributed by atoms with van der Waals surface area (Å²) in [5.74, 6) is -1.02. The van der Waals surface area contributed by atoms with Gasteiger partial charge in [-0.1, -0.05) is 6.07 Å². The smallest absolute Gasteiger partial charge is 0.348 e. The molecule has 0 aliphatic carbocycles. The van der Waals surface area contributed by atoms with Gasteiger partial charge in [0, 0.05) is 6.20 Å². The molecule has 0 unspecified atom stereocenters. The Morgan fingerprint density at radius 1 is 1.00 bits per heavy atom. The van der Waals surface area contributed by atoms with Gasteiger partial charge in [0.1, 0.15) is 15.6 Å². The van der Waals surface area contributed by atoms with Gasteiger partial charge in [-0.15, -0.1) is 11.3 Å². The highest BCUT2D eigenvalue weighted by Gasteiger charge is 2.27. The highest BCUT2D eigenvalue weighted by molar-refractivity contribution is 7.18. The zero-order valence-electron chi connectivity index (χ0n) is 19.8. The van der Waals surface area contributed by atoms with Crippen molar-refractivity contribution in [3.8, 4) is 5.75 Å². The molecule has 3 rings (SSSR count). The van der Waals surface area contributed by atoms with Gasteiger partial charge < -0.3 is 19.5 Å². The molecule has 34 heavy (non-hydrogen) atoms. The van der Waals surface area contributed by atoms with Crippen molar-refractivity contribution in [2.75, 3.05) is 18.5 Å². The van der Waals surface area contributed by atoms with E-state index in [1.54, 1.807) is 27.0 Å². The number of nitrogens with one attached hydrogen (secondary N) is 1. The third kappa shape index (κ3) is 5.82. The van der Waals surface area contributed by atoms with E-state index < -0.39 is 17.8 Å². The molecule has 0 spiro atoms. The van der Waals surface area contributed by atoms with E-state index >= 15 is 0 Å². The fraction of sp³-hybridized carbons (Fsp3) is 0.333. The molecule has 0 radical (unpaired) electrons. The van der Waals surface area contributed by atoms with Crippen LogP contribution in [0.25, 0.3) is 0 Å². The molecule has 0 aliphatic rings. The third-order valence-corrected chi connectivity index (χ3v) is 5.93. The summed E-state index contributed by atoms with van der Waals surface area (Å²) >= 11 is 0.962. The molecule has 2 aromatic heterocycles. The van der Waals surface area contributed by atoms with Crippen LogP contribution in [-0.4, -0.2) is 40.8 Å². The van der Waals surface area contributed by atoms with Crippen molar-refractivity contribution in [1.29, 1.82) is 0 Å². The Hall–Kier alpha value is -3.66. The van der Waals surface area contributed by atoms with E-state index in [2.05, 4.69) is 10.4 Å². The van der Waals surface area contributed by atoms with Gasteiger partial charge in [-0.3, -0.25) is 4.79 Å². The lowest BCUT2D eigenvalue weighted by molar-refractivity contribution is 0.0527. The van der Waals surface area contributed by atoms with E-state index in [4.69, 9.17) is 14.2 Å². The lowest BCUT2D eigenvalue weighted by atomic mass is 10.1. The summed E-state index contributed by atoms with van der Waals surface area (Å²) in [6.07, 6.45) is 1.62. The summed E-state index contributed by atoms with van der Waals surface area (Å²) in [5, 5.41) is 7.13. The van der Waals surface area contributed by atoms with Crippen LogP contribution < -0.4 is 10.1 Å². The van der Waals surface area contributed by atoms with Crippen LogP contribution in [-0.2, 0) is 16.2 Å². The van der Waals surface area contributed by atoms with Gasteiger partial charge in [-0.25, -0.2) is 14.3 Å². The van der Waals surface area contributed by atoms with Gasteiger partial charge >= 0.3 is 11.9 Å². The van der Waals surface area contributed by atoms with Gasteiger partial charge in [-0.05, 0) is 69.5 Å². The maximum atomic E-state index is 12.9. The first-order chi connectivity index (χ1) is 16.2. The molecule has 1 aromatic carbocycles. The van der Waals surface area contributed by atoms with Crippen molar-refractivity contribution < 1.29 is 28.6 Å². The largest absolute Gasteiger partial charge is 0.471 e. The molecule has 2 heterocycles. The molecule has 0 atom stereocenters. The van der Waals surface area contributed by atoms with Crippen molar-refractivity contribution >= 4 is 34.2 Å². The van der Waals surface area contributed by atoms with Crippen molar-refractivity contribution in [1.82, 2.24) is 9.78 Å². The summed E-state index contributed by atoms with van der Waals surface area (Å²) in [7, 11) is 0. The zero-order chi connectivity index (χ0) is 24.8. The van der Waals surface area contributed by atoms with Crippen molar-refractivity contribution in [3.63, 3.8) is 0 Å². The average molecular weight is 486 g/mol. The number of anilines is 1. The highest BCUT2D eigenvalue weighted by Crippen LogP contribution is 2.34. The van der Waals surface area contributed by atoms with Gasteiger partial charge in [0.15, 0.2) is 12.4 Å². The first-order valence-electron chi connectivity index (χ1n) is 10.8. The number of rotatable bonds is 9. The fourth-order valence-electron chi connectivity index (χ4n) is 3.32. The number of benzene rings is 1. The molecule has 3 aromatic rings. The van der Waals surface area contributed by atoms with Gasteiger partial charge in [0.25, 0.3) is 5.91 Å². The van der Waals surface area contributed by atoms with Gasteiger partial charge in [-0.2, -0.15) is 5.10 Å². The Kier molecular flexibility index (Phi) is 8.06. The first-order valence-corrected chi connectivity index (χ1v) is 11.6. The number of carbonyl (C=O) groups excluding carboxylic acids is 3. The summed E-state index contributed by atoms with van der Waals surface area (Å²) in [6.45, 7) is 9.42. The third-order valence-electron chi connectivity index (χ3n) is 4.75. The summed E-state index contributed by atoms with van der Waals surface area (Å²) in [4.78, 5) is 37.9. The number of aryl methyl sites for hydroxylation is 2. The number of carbonyl (C=O) groups is 3. The second-order valence-electron chi connectivity index (χ2n) is 7.49. The molecule has 0 saturated heterocycles. The van der Waals surface area contributed by atoms with E-state index in [1.807, 2.05) is 32.0 Å². The zero-order valence-corrected chi connectivity index (χ0v) is 20.6. The monoisotopic (exact) mass is 485 g/mol. The number of ether oxygens (including phenoxy) is 3. The summed E-state index contributed by atoms with van der Waals surface area (Å²) in [6, 6.07) is 7.42. The van der Waals surface area contributed by atoms with E-state index in [0.717, 1.165) is 22.5 Å². The lowest BCUT2D eigenvalue weighted by Gasteiger charge is -2.08. The number of thiophene rings is 1. The molecule has 1 amide bonds. The number of hydrogen-bond donors (Lipinski definition) is 1. The minimum atomic E-state index is -0.630. The normalized spacial score (nSPS) is 10.6. The maximum absolute atomic E-state index is 12.9. The average Bonchev–Trinajstić information content (AvgIpc) is 3.36. The molecular weight excluding hydrogens is 458 g/mol. The molecule has 10 heteroatoms. The van der Waals surface area contributed by atoms with Crippen LogP contribution in [0.4, 0.5) is 5.00 Å². The first kappa shape index (κ1) is 25.0. The Bertz CT molecular complexity index is 1190. The highest BCUT2D eigenvalue weighted by atomic mass is 32.1. The molecular formula is C24H27N3O6S. The van der Waals surface area contributed by atoms with Crippen LogP contribution in [0, 0.1) is 20.8 Å². The second-order valence-corrected chi connectivity index (χ2v) is 8.51. The van der Waals surface area contributed by atoms with Crippen LogP contribution in [0.5, 0.6) is 5.75 Å². The van der Waals surface area contributed by atoms with Crippen LogP contribution in [0.1, 0.15) is 61.1 Å². The molecule has 0 bridgehead atoms. The molecule has 1 N–H and O–H groups in total. The molecule has 9 nitrogen and oxygen atoms in total. The van der Waals surface area contributed by atoms with Gasteiger partial charge in [0.2, 0.25) is 0 Å². The number of aromatic nitrogens is 2. The van der Waals surface area contributed by atoms with Crippen molar-refractivity contribution in [2.24, 2.45) is 0 Å². The van der Waals surface area contributed by atoms with Gasteiger partial charge in [0.05, 0.1) is 18.8 Å². The fourth-order valence-corrected chi connectivity index (χ4v) is 4.40. The number of amides is 1. The van der Waals surface area contributed by atoms with E-state index in [9.17, 15) is 14.4 Å². The van der Waals surface area contributed by atoms with Crippen molar-refractivity contribution in [3.05, 3.63) is 63.3 Å². The maximum Gasteiger partial charge on any atom is 0.348 e. The SMILES string of the molecule is CCOC(=O)c1sc(NC(=O)c2ccn(COc3cc(C)cc(C)c3)n2)c(C(=O)OCC)c1C. The van der Waals surface area contributed by atoms with Crippen LogP contribution in [0.2, 0.25) is 0 Å². The number of esters is 2. The molecule has 0 aliphatic heterocycles. The van der Waals surface area contributed by atoms with E-state index in [0.29, 0.717) is 11.3 Å². The Morgan fingerprint density at radius 3 is 2.29 bits per heavy atom. The Morgan fingerprint density at radius 2 is 1.65 bits per heavy atom. The Balaban J connectivity index is 1.77. The minimum absolute atomic E-state index is 0.120. The summed E-state index contributed by atoms with van der Waals surface area (Å²) < 4.78 is 17.4. The van der Waals surface area contributed by atoms with Crippen LogP contribution in [0.15, 0.2) is 30.5 Å². The van der Waals surface area contributed by atoms with E-state index in [-0.39, 0.29) is 41.1 Å². The standard InChI is InChI=1S/C24H27N3O6S/c1-6-31-23(29)19-16(5)20(24(30)32-7-2)34-22(19)25-21(28)18-8-9-27(26-18)13-33-17-11-14(3)10-15(4)12-17/h8-12H,6-7,13H2,1-5H3,(H,25,28). The molecule has 0 fully saturated rings. The summed E-state index contributed by atoms with van der Waals surface area (Å²) in [5.41, 5.74) is 2.82. The Labute approximate surface area is 201 Å². The predicted molar refractivity (Wildman–Crippen MR) is 128 cm³/mol. The predicted octanol–water partition coefficient (Wildman–Crippen LogP) is 4.51. The number of hydrogen-bond acceptors (Lipinski definition) is 8. The second kappa shape index (κ2) is 11.0. The van der Waals surface area contributed by atoms with E-state index in [1.165, 1.54) is 10.7 Å². The van der Waals surface area contributed by atoms with Crippen molar-refractivity contribution in [2.45, 2.75) is 41.3 Å². The minimum Gasteiger partial charge on any atom is -0.471 e. The van der Waals surface area contributed by atoms with Crippen LogP contribution >= 0.6 is 11.3 Å². The lowest BCUT2D eigenvalue weighted by Crippen LogP contribution is -2.16. The molecule has 0 saturated carbocycles. The van der Waals surface area contributed by atoms with Crippen LogP contribution in [0.3, 0.4) is 0 Å².